The predicted octanol–water partition coefficient (Wildman–Crippen LogP) is 1.49. The number of rotatable bonds is 4. The zero-order valence-electron chi connectivity index (χ0n) is 12.6. The van der Waals surface area contributed by atoms with E-state index in [2.05, 4.69) is 0 Å². The molecule has 2 rings (SSSR count). The van der Waals surface area contributed by atoms with Crippen molar-refractivity contribution in [2.45, 2.75) is 20.3 Å². The second kappa shape index (κ2) is 6.58. The lowest BCUT2D eigenvalue weighted by Gasteiger charge is -2.34. The molecular formula is C15H22N2O3S. The number of nitrogens with zero attached hydrogens (tertiary/aromatic N) is 2. The molecule has 0 bridgehead atoms. The van der Waals surface area contributed by atoms with Crippen LogP contribution in [0.4, 0.5) is 0 Å². The molecule has 1 saturated heterocycles. The van der Waals surface area contributed by atoms with E-state index in [0.29, 0.717) is 38.2 Å². The maximum atomic E-state index is 12.4. The van der Waals surface area contributed by atoms with Crippen molar-refractivity contribution in [3.63, 3.8) is 0 Å². The number of carbonyl (C=O) groups excluding carboxylic acids is 1. The molecule has 0 aliphatic carbocycles. The fourth-order valence-electron chi connectivity index (χ4n) is 2.52. The van der Waals surface area contributed by atoms with Gasteiger partial charge in [-0.05, 0) is 25.5 Å². The van der Waals surface area contributed by atoms with Crippen LogP contribution in [0.1, 0.15) is 29.3 Å². The lowest BCUT2D eigenvalue weighted by molar-refractivity contribution is 0.0698. The smallest absolute Gasteiger partial charge is 0.253 e. The van der Waals surface area contributed by atoms with Gasteiger partial charge < -0.3 is 4.90 Å². The first-order valence-corrected chi connectivity index (χ1v) is 8.88. The summed E-state index contributed by atoms with van der Waals surface area (Å²) in [5.74, 6) is 0.157. The summed E-state index contributed by atoms with van der Waals surface area (Å²) in [7, 11) is -3.16. The standard InChI is InChI=1S/C15H22N2O3S/c1-3-11-21(19,20)17-9-7-16(8-10-17)15(18)14-6-4-5-13(2)12-14/h4-6,12H,3,7-11H2,1-2H3. The van der Waals surface area contributed by atoms with Crippen molar-refractivity contribution in [2.75, 3.05) is 31.9 Å². The largest absolute Gasteiger partial charge is 0.336 e. The van der Waals surface area contributed by atoms with Gasteiger partial charge >= 0.3 is 0 Å². The molecular weight excluding hydrogens is 288 g/mol. The van der Waals surface area contributed by atoms with Crippen molar-refractivity contribution in [3.05, 3.63) is 35.4 Å². The van der Waals surface area contributed by atoms with Gasteiger partial charge in [0.15, 0.2) is 0 Å². The summed E-state index contributed by atoms with van der Waals surface area (Å²) in [6, 6.07) is 7.48. The third-order valence-electron chi connectivity index (χ3n) is 3.65. The number of hydrogen-bond donors (Lipinski definition) is 0. The summed E-state index contributed by atoms with van der Waals surface area (Å²) in [5, 5.41) is 0. The Hall–Kier alpha value is -1.40. The second-order valence-electron chi connectivity index (χ2n) is 5.38. The molecule has 21 heavy (non-hydrogen) atoms. The Labute approximate surface area is 126 Å². The van der Waals surface area contributed by atoms with Crippen LogP contribution < -0.4 is 0 Å². The van der Waals surface area contributed by atoms with Gasteiger partial charge in [0.1, 0.15) is 0 Å². The lowest BCUT2D eigenvalue weighted by atomic mass is 10.1. The topological polar surface area (TPSA) is 57.7 Å². The molecule has 116 valence electrons. The zero-order valence-corrected chi connectivity index (χ0v) is 13.4. The Kier molecular flexibility index (Phi) is 5.00. The number of amides is 1. The molecule has 5 nitrogen and oxygen atoms in total. The van der Waals surface area contributed by atoms with Crippen LogP contribution in [0.15, 0.2) is 24.3 Å². The minimum Gasteiger partial charge on any atom is -0.336 e. The van der Waals surface area contributed by atoms with E-state index in [-0.39, 0.29) is 11.7 Å². The van der Waals surface area contributed by atoms with Gasteiger partial charge in [-0.2, -0.15) is 4.31 Å². The SMILES string of the molecule is CCCS(=O)(=O)N1CCN(C(=O)c2cccc(C)c2)CC1. The molecule has 1 aliphatic rings. The Morgan fingerprint density at radius 3 is 2.43 bits per heavy atom. The lowest BCUT2D eigenvalue weighted by Crippen LogP contribution is -2.51. The first kappa shape index (κ1) is 16.0. The average Bonchev–Trinajstić information content (AvgIpc) is 2.46. The van der Waals surface area contributed by atoms with Crippen LogP contribution in [0.3, 0.4) is 0 Å². The van der Waals surface area contributed by atoms with Crippen LogP contribution in [-0.4, -0.2) is 55.5 Å². The van der Waals surface area contributed by atoms with Crippen LogP contribution in [-0.2, 0) is 10.0 Å². The van der Waals surface area contributed by atoms with Gasteiger partial charge in [0.2, 0.25) is 10.0 Å². The van der Waals surface area contributed by atoms with Crippen molar-refractivity contribution in [1.82, 2.24) is 9.21 Å². The van der Waals surface area contributed by atoms with Gasteiger partial charge in [-0.25, -0.2) is 8.42 Å². The normalized spacial score (nSPS) is 17.0. The highest BCUT2D eigenvalue weighted by Gasteiger charge is 2.28. The molecule has 1 aromatic rings. The van der Waals surface area contributed by atoms with Gasteiger partial charge in [0, 0.05) is 31.7 Å². The molecule has 0 N–H and O–H groups in total. The maximum Gasteiger partial charge on any atom is 0.253 e. The van der Waals surface area contributed by atoms with E-state index in [1.165, 1.54) is 4.31 Å². The number of aryl methyl sites for hydroxylation is 1. The highest BCUT2D eigenvalue weighted by molar-refractivity contribution is 7.89. The summed E-state index contributed by atoms with van der Waals surface area (Å²) in [6.45, 7) is 5.49. The van der Waals surface area contributed by atoms with E-state index in [9.17, 15) is 13.2 Å². The quantitative estimate of drug-likeness (QED) is 0.846. The molecule has 0 atom stereocenters. The van der Waals surface area contributed by atoms with Crippen molar-refractivity contribution in [3.8, 4) is 0 Å². The molecule has 0 unspecified atom stereocenters. The van der Waals surface area contributed by atoms with Gasteiger partial charge in [0.25, 0.3) is 5.91 Å². The molecule has 0 spiro atoms. The van der Waals surface area contributed by atoms with Crippen LogP contribution in [0.5, 0.6) is 0 Å². The maximum absolute atomic E-state index is 12.4. The Bertz CT molecular complexity index is 605. The molecule has 1 fully saturated rings. The molecule has 1 aromatic carbocycles. The minimum atomic E-state index is -3.16. The Morgan fingerprint density at radius 2 is 1.86 bits per heavy atom. The number of carbonyl (C=O) groups is 1. The van der Waals surface area contributed by atoms with Crippen molar-refractivity contribution < 1.29 is 13.2 Å². The first-order valence-electron chi connectivity index (χ1n) is 7.28. The van der Waals surface area contributed by atoms with Gasteiger partial charge in [-0.15, -0.1) is 0 Å². The van der Waals surface area contributed by atoms with Crippen LogP contribution in [0.25, 0.3) is 0 Å². The average molecular weight is 310 g/mol. The van der Waals surface area contributed by atoms with Crippen molar-refractivity contribution in [1.29, 1.82) is 0 Å². The van der Waals surface area contributed by atoms with Gasteiger partial charge in [-0.3, -0.25) is 4.79 Å². The number of sulfonamides is 1. The molecule has 6 heteroatoms. The van der Waals surface area contributed by atoms with E-state index >= 15 is 0 Å². The minimum absolute atomic E-state index is 0.0220. The third kappa shape index (κ3) is 3.83. The number of piperazine rings is 1. The summed E-state index contributed by atoms with van der Waals surface area (Å²) < 4.78 is 25.5. The van der Waals surface area contributed by atoms with Crippen LogP contribution in [0.2, 0.25) is 0 Å². The zero-order chi connectivity index (χ0) is 15.5. The molecule has 1 heterocycles. The molecule has 0 aromatic heterocycles. The number of benzene rings is 1. The second-order valence-corrected chi connectivity index (χ2v) is 7.47. The van der Waals surface area contributed by atoms with Crippen LogP contribution >= 0.6 is 0 Å². The van der Waals surface area contributed by atoms with Gasteiger partial charge in [0.05, 0.1) is 5.75 Å². The third-order valence-corrected chi connectivity index (χ3v) is 5.72. The highest BCUT2D eigenvalue weighted by atomic mass is 32.2. The van der Waals surface area contributed by atoms with E-state index in [1.54, 1.807) is 11.0 Å². The fourth-order valence-corrected chi connectivity index (χ4v) is 4.01. The highest BCUT2D eigenvalue weighted by Crippen LogP contribution is 2.13. The molecule has 1 amide bonds. The van der Waals surface area contributed by atoms with E-state index in [1.807, 2.05) is 32.0 Å². The molecule has 0 radical (unpaired) electrons. The Morgan fingerprint density at radius 1 is 1.19 bits per heavy atom. The Balaban J connectivity index is 2.00. The fraction of sp³-hybridized carbons (Fsp3) is 0.533. The summed E-state index contributed by atoms with van der Waals surface area (Å²) >= 11 is 0. The van der Waals surface area contributed by atoms with Crippen LogP contribution in [0, 0.1) is 6.92 Å². The summed E-state index contributed by atoms with van der Waals surface area (Å²) in [5.41, 5.74) is 1.71. The molecule has 1 aliphatic heterocycles. The number of hydrogen-bond acceptors (Lipinski definition) is 3. The van der Waals surface area contributed by atoms with E-state index < -0.39 is 10.0 Å². The first-order chi connectivity index (χ1) is 9.94. The van der Waals surface area contributed by atoms with E-state index in [4.69, 9.17) is 0 Å². The van der Waals surface area contributed by atoms with Gasteiger partial charge in [-0.1, -0.05) is 24.6 Å². The monoisotopic (exact) mass is 310 g/mol. The van der Waals surface area contributed by atoms with E-state index in [0.717, 1.165) is 5.56 Å². The predicted molar refractivity (Wildman–Crippen MR) is 82.7 cm³/mol. The van der Waals surface area contributed by atoms with Crippen molar-refractivity contribution >= 4 is 15.9 Å². The molecule has 0 saturated carbocycles. The summed E-state index contributed by atoms with van der Waals surface area (Å²) in [4.78, 5) is 14.1. The summed E-state index contributed by atoms with van der Waals surface area (Å²) in [6.07, 6.45) is 0.616. The van der Waals surface area contributed by atoms with Crippen molar-refractivity contribution in [2.24, 2.45) is 0 Å².